The van der Waals surface area contributed by atoms with Crippen molar-refractivity contribution >= 4 is 39.2 Å². The summed E-state index contributed by atoms with van der Waals surface area (Å²) < 4.78 is 5.02. The van der Waals surface area contributed by atoms with Gasteiger partial charge in [-0.15, -0.1) is 11.3 Å². The van der Waals surface area contributed by atoms with E-state index in [0.717, 1.165) is 22.3 Å². The molecule has 0 bridgehead atoms. The van der Waals surface area contributed by atoms with Crippen LogP contribution in [-0.2, 0) is 11.2 Å². The van der Waals surface area contributed by atoms with Crippen LogP contribution in [0.2, 0.25) is 0 Å². The Hall–Kier alpha value is -2.35. The number of piperazine rings is 1. The van der Waals surface area contributed by atoms with E-state index in [1.165, 1.54) is 11.3 Å². The van der Waals surface area contributed by atoms with Gasteiger partial charge in [-0.1, -0.05) is 13.8 Å². The van der Waals surface area contributed by atoms with Gasteiger partial charge in [0.15, 0.2) is 0 Å². The van der Waals surface area contributed by atoms with Crippen molar-refractivity contribution in [2.24, 2.45) is 5.92 Å². The zero-order valence-electron chi connectivity index (χ0n) is 16.0. The monoisotopic (exact) mass is 390 g/mol. The van der Waals surface area contributed by atoms with E-state index in [9.17, 15) is 9.59 Å². The molecule has 1 fully saturated rings. The van der Waals surface area contributed by atoms with E-state index in [1.54, 1.807) is 16.7 Å². The van der Waals surface area contributed by atoms with E-state index in [0.29, 0.717) is 49.3 Å². The molecule has 146 valence electrons. The van der Waals surface area contributed by atoms with Crippen molar-refractivity contribution in [1.29, 1.82) is 0 Å². The fourth-order valence-corrected chi connectivity index (χ4v) is 4.26. The predicted octanol–water partition coefficient (Wildman–Crippen LogP) is 2.99. The quantitative estimate of drug-likeness (QED) is 0.867. The van der Waals surface area contributed by atoms with Gasteiger partial charge in [0, 0.05) is 37.3 Å². The first kappa shape index (κ1) is 19.4. The molecule has 2 N–H and O–H groups in total. The maximum Gasteiger partial charge on any atom is 0.409 e. The van der Waals surface area contributed by atoms with Gasteiger partial charge in [0.25, 0.3) is 5.91 Å². The van der Waals surface area contributed by atoms with E-state index < -0.39 is 0 Å². The average Bonchev–Trinajstić information content (AvgIpc) is 2.97. The molecular weight excluding hydrogens is 364 g/mol. The summed E-state index contributed by atoms with van der Waals surface area (Å²) in [4.78, 5) is 34.1. The van der Waals surface area contributed by atoms with Gasteiger partial charge in [-0.2, -0.15) is 0 Å². The molecule has 0 spiro atoms. The van der Waals surface area contributed by atoms with Crippen LogP contribution in [0, 0.1) is 5.92 Å². The van der Waals surface area contributed by atoms with Crippen molar-refractivity contribution < 1.29 is 14.3 Å². The number of carbonyl (C=O) groups is 2. The van der Waals surface area contributed by atoms with E-state index in [-0.39, 0.29) is 12.0 Å². The van der Waals surface area contributed by atoms with Gasteiger partial charge in [-0.25, -0.2) is 9.78 Å². The lowest BCUT2D eigenvalue weighted by molar-refractivity contribution is 0.0575. The fraction of sp³-hybridized carbons (Fsp3) is 0.526. The van der Waals surface area contributed by atoms with Gasteiger partial charge in [0.05, 0.1) is 12.3 Å². The lowest BCUT2D eigenvalue weighted by Crippen LogP contribution is -2.50. The molecule has 0 radical (unpaired) electrons. The highest BCUT2D eigenvalue weighted by Gasteiger charge is 2.28. The van der Waals surface area contributed by atoms with Crippen LogP contribution in [0.3, 0.4) is 0 Å². The Labute approximate surface area is 163 Å². The van der Waals surface area contributed by atoms with E-state index >= 15 is 0 Å². The summed E-state index contributed by atoms with van der Waals surface area (Å²) >= 11 is 1.35. The fourth-order valence-electron chi connectivity index (χ4n) is 3.18. The number of anilines is 1. The summed E-state index contributed by atoms with van der Waals surface area (Å²) in [7, 11) is 0. The first-order chi connectivity index (χ1) is 12.9. The Morgan fingerprint density at radius 2 is 1.89 bits per heavy atom. The lowest BCUT2D eigenvalue weighted by atomic mass is 10.1. The summed E-state index contributed by atoms with van der Waals surface area (Å²) in [6.45, 7) is 8.30. The van der Waals surface area contributed by atoms with E-state index in [4.69, 9.17) is 10.5 Å². The average molecular weight is 391 g/mol. The molecule has 7 nitrogen and oxygen atoms in total. The van der Waals surface area contributed by atoms with Crippen molar-refractivity contribution in [2.45, 2.75) is 27.2 Å². The SMILES string of the molecule is CCOC(=O)N1CCN(C(=O)c2sc3nc(CC(C)C)ccc3c2N)CC1. The molecule has 2 aromatic rings. The van der Waals surface area contributed by atoms with Crippen molar-refractivity contribution in [3.05, 3.63) is 22.7 Å². The van der Waals surface area contributed by atoms with Crippen LogP contribution < -0.4 is 5.73 Å². The van der Waals surface area contributed by atoms with E-state index in [2.05, 4.69) is 18.8 Å². The molecule has 0 atom stereocenters. The maximum atomic E-state index is 12.9. The van der Waals surface area contributed by atoms with Crippen LogP contribution in [-0.4, -0.2) is 59.6 Å². The number of fused-ring (bicyclic) bond motifs is 1. The number of thiophene rings is 1. The summed E-state index contributed by atoms with van der Waals surface area (Å²) in [5, 5.41) is 0.834. The van der Waals surface area contributed by atoms with Crippen LogP contribution in [0.25, 0.3) is 10.2 Å². The molecule has 1 aliphatic heterocycles. The number of pyridine rings is 1. The number of hydrogen-bond donors (Lipinski definition) is 1. The number of ether oxygens (including phenoxy) is 1. The number of aromatic nitrogens is 1. The third kappa shape index (κ3) is 4.16. The zero-order chi connectivity index (χ0) is 19.6. The molecule has 27 heavy (non-hydrogen) atoms. The van der Waals surface area contributed by atoms with Crippen LogP contribution in [0.4, 0.5) is 10.5 Å². The minimum Gasteiger partial charge on any atom is -0.450 e. The highest BCUT2D eigenvalue weighted by atomic mass is 32.1. The topological polar surface area (TPSA) is 88.8 Å². The van der Waals surface area contributed by atoms with Gasteiger partial charge in [-0.3, -0.25) is 4.79 Å². The van der Waals surface area contributed by atoms with Gasteiger partial charge in [-0.05, 0) is 31.4 Å². The molecule has 0 saturated carbocycles. The first-order valence-electron chi connectivity index (χ1n) is 9.29. The highest BCUT2D eigenvalue weighted by Crippen LogP contribution is 2.34. The molecule has 2 amide bonds. The zero-order valence-corrected chi connectivity index (χ0v) is 16.8. The molecule has 0 aliphatic carbocycles. The second-order valence-electron chi connectivity index (χ2n) is 7.08. The van der Waals surface area contributed by atoms with Crippen LogP contribution in [0.15, 0.2) is 12.1 Å². The van der Waals surface area contributed by atoms with Gasteiger partial charge in [0.2, 0.25) is 0 Å². The normalized spacial score (nSPS) is 14.8. The Morgan fingerprint density at radius 3 is 2.52 bits per heavy atom. The number of amides is 2. The van der Waals surface area contributed by atoms with Gasteiger partial charge < -0.3 is 20.3 Å². The highest BCUT2D eigenvalue weighted by molar-refractivity contribution is 7.21. The Morgan fingerprint density at radius 1 is 1.22 bits per heavy atom. The summed E-state index contributed by atoms with van der Waals surface area (Å²) in [5.74, 6) is 0.425. The molecule has 1 saturated heterocycles. The van der Waals surface area contributed by atoms with Crippen molar-refractivity contribution in [3.8, 4) is 0 Å². The number of carbonyl (C=O) groups excluding carboxylic acids is 2. The molecule has 0 unspecified atom stereocenters. The van der Waals surface area contributed by atoms with Crippen molar-refractivity contribution in [2.75, 3.05) is 38.5 Å². The number of rotatable bonds is 4. The maximum absolute atomic E-state index is 12.9. The third-order valence-electron chi connectivity index (χ3n) is 4.56. The smallest absolute Gasteiger partial charge is 0.409 e. The Kier molecular flexibility index (Phi) is 5.84. The van der Waals surface area contributed by atoms with Crippen molar-refractivity contribution in [3.63, 3.8) is 0 Å². The van der Waals surface area contributed by atoms with Crippen LogP contribution in [0.1, 0.15) is 36.1 Å². The Bertz CT molecular complexity index is 841. The number of nitrogens with two attached hydrogens (primary N) is 1. The third-order valence-corrected chi connectivity index (χ3v) is 5.66. The van der Waals surface area contributed by atoms with Crippen molar-refractivity contribution in [1.82, 2.24) is 14.8 Å². The molecule has 2 aromatic heterocycles. The second kappa shape index (κ2) is 8.12. The first-order valence-corrected chi connectivity index (χ1v) is 10.1. The molecule has 3 rings (SSSR count). The molecule has 1 aliphatic rings. The van der Waals surface area contributed by atoms with Crippen LogP contribution >= 0.6 is 11.3 Å². The van der Waals surface area contributed by atoms with Crippen LogP contribution in [0.5, 0.6) is 0 Å². The number of nitrogens with zero attached hydrogens (tertiary/aromatic N) is 3. The number of hydrogen-bond acceptors (Lipinski definition) is 6. The standard InChI is InChI=1S/C19H26N4O3S/c1-4-26-19(25)23-9-7-22(8-10-23)18(24)16-15(20)14-6-5-13(11-12(2)3)21-17(14)27-16/h5-6,12H,4,7-11,20H2,1-3H3. The predicted molar refractivity (Wildman–Crippen MR) is 107 cm³/mol. The number of nitrogen functional groups attached to an aromatic ring is 1. The molecule has 0 aromatic carbocycles. The summed E-state index contributed by atoms with van der Waals surface area (Å²) in [6.07, 6.45) is 0.570. The Balaban J connectivity index is 1.74. The minimum atomic E-state index is -0.326. The lowest BCUT2D eigenvalue weighted by Gasteiger charge is -2.33. The molecule has 3 heterocycles. The molecule has 8 heteroatoms. The summed E-state index contributed by atoms with van der Waals surface area (Å²) in [6, 6.07) is 3.94. The van der Waals surface area contributed by atoms with Gasteiger partial charge in [0.1, 0.15) is 9.71 Å². The molecular formula is C19H26N4O3S. The largest absolute Gasteiger partial charge is 0.450 e. The van der Waals surface area contributed by atoms with Gasteiger partial charge >= 0.3 is 6.09 Å². The minimum absolute atomic E-state index is 0.0931. The summed E-state index contributed by atoms with van der Waals surface area (Å²) in [5.41, 5.74) is 7.76. The second-order valence-corrected chi connectivity index (χ2v) is 8.08. The van der Waals surface area contributed by atoms with E-state index in [1.807, 2.05) is 12.1 Å².